The summed E-state index contributed by atoms with van der Waals surface area (Å²) in [5.41, 5.74) is 1.50. The Bertz CT molecular complexity index is 825. The smallest absolute Gasteiger partial charge is 0.294 e. The molecule has 2 aromatic carbocycles. The van der Waals surface area contributed by atoms with Crippen molar-refractivity contribution in [1.29, 1.82) is 0 Å². The van der Waals surface area contributed by atoms with E-state index in [0.717, 1.165) is 5.56 Å². The fraction of sp³-hybridized carbons (Fsp3) is 0.200. The maximum Gasteiger partial charge on any atom is 0.294 e. The molecule has 0 fully saturated rings. The SMILES string of the molecule is CCC(=O)C1=C(O)C(=O)N(c2ccccc2)C1c1ccc(OC)cc1. The summed E-state index contributed by atoms with van der Waals surface area (Å²) >= 11 is 0. The number of aliphatic hydroxyl groups excluding tert-OH is 1. The lowest BCUT2D eigenvalue weighted by Gasteiger charge is -2.27. The molecule has 3 rings (SSSR count). The van der Waals surface area contributed by atoms with Gasteiger partial charge in [0, 0.05) is 12.1 Å². The van der Waals surface area contributed by atoms with Crippen LogP contribution >= 0.6 is 0 Å². The Kier molecular flexibility index (Phi) is 4.57. The number of methoxy groups -OCH3 is 1. The molecule has 1 amide bonds. The van der Waals surface area contributed by atoms with Crippen molar-refractivity contribution in [1.82, 2.24) is 0 Å². The van der Waals surface area contributed by atoms with Crippen LogP contribution in [0.2, 0.25) is 0 Å². The van der Waals surface area contributed by atoms with E-state index in [0.29, 0.717) is 11.4 Å². The van der Waals surface area contributed by atoms with Crippen molar-refractivity contribution >= 4 is 17.4 Å². The lowest BCUT2D eigenvalue weighted by molar-refractivity contribution is -0.118. The summed E-state index contributed by atoms with van der Waals surface area (Å²) in [6, 6.07) is 15.5. The topological polar surface area (TPSA) is 66.8 Å². The Morgan fingerprint density at radius 1 is 1.12 bits per heavy atom. The summed E-state index contributed by atoms with van der Waals surface area (Å²) in [4.78, 5) is 26.6. The predicted octanol–water partition coefficient (Wildman–Crippen LogP) is 3.57. The second kappa shape index (κ2) is 6.81. The van der Waals surface area contributed by atoms with Gasteiger partial charge in [-0.2, -0.15) is 0 Å². The molecular formula is C20H19NO4. The van der Waals surface area contributed by atoms with E-state index in [1.165, 1.54) is 4.90 Å². The van der Waals surface area contributed by atoms with Crippen molar-refractivity contribution in [3.63, 3.8) is 0 Å². The van der Waals surface area contributed by atoms with Crippen LogP contribution < -0.4 is 9.64 Å². The van der Waals surface area contributed by atoms with Gasteiger partial charge >= 0.3 is 0 Å². The van der Waals surface area contributed by atoms with Crippen molar-refractivity contribution in [3.8, 4) is 5.75 Å². The fourth-order valence-corrected chi connectivity index (χ4v) is 3.04. The molecule has 1 aliphatic heterocycles. The summed E-state index contributed by atoms with van der Waals surface area (Å²) in [5, 5.41) is 10.4. The van der Waals surface area contributed by atoms with Gasteiger partial charge in [0.15, 0.2) is 11.5 Å². The van der Waals surface area contributed by atoms with E-state index in [1.807, 2.05) is 18.2 Å². The molecule has 5 nitrogen and oxygen atoms in total. The number of ketones is 1. The van der Waals surface area contributed by atoms with Gasteiger partial charge in [-0.1, -0.05) is 37.3 Å². The lowest BCUT2D eigenvalue weighted by atomic mass is 9.95. The zero-order valence-electron chi connectivity index (χ0n) is 14.1. The molecule has 25 heavy (non-hydrogen) atoms. The van der Waals surface area contributed by atoms with Crippen LogP contribution in [0.4, 0.5) is 5.69 Å². The van der Waals surface area contributed by atoms with Gasteiger partial charge in [0.05, 0.1) is 18.7 Å². The third kappa shape index (κ3) is 2.89. The third-order valence-corrected chi connectivity index (χ3v) is 4.30. The van der Waals surface area contributed by atoms with E-state index >= 15 is 0 Å². The largest absolute Gasteiger partial charge is 0.503 e. The van der Waals surface area contributed by atoms with Crippen molar-refractivity contribution in [2.75, 3.05) is 12.0 Å². The van der Waals surface area contributed by atoms with Gasteiger partial charge in [0.25, 0.3) is 5.91 Å². The first kappa shape index (κ1) is 16.8. The maximum atomic E-state index is 12.7. The highest BCUT2D eigenvalue weighted by molar-refractivity contribution is 6.16. The molecule has 0 aromatic heterocycles. The van der Waals surface area contributed by atoms with E-state index < -0.39 is 17.7 Å². The molecular weight excluding hydrogens is 318 g/mol. The van der Waals surface area contributed by atoms with Crippen LogP contribution in [0, 0.1) is 0 Å². The summed E-state index contributed by atoms with van der Waals surface area (Å²) in [6.07, 6.45) is 0.210. The first-order valence-corrected chi connectivity index (χ1v) is 8.07. The number of carbonyl (C=O) groups excluding carboxylic acids is 2. The minimum Gasteiger partial charge on any atom is -0.503 e. The minimum atomic E-state index is -0.659. The molecule has 5 heteroatoms. The van der Waals surface area contributed by atoms with Crippen LogP contribution in [0.1, 0.15) is 24.9 Å². The van der Waals surface area contributed by atoms with Crippen LogP contribution in [0.5, 0.6) is 5.75 Å². The van der Waals surface area contributed by atoms with Gasteiger partial charge in [-0.15, -0.1) is 0 Å². The van der Waals surface area contributed by atoms with Crippen LogP contribution in [0.15, 0.2) is 65.9 Å². The van der Waals surface area contributed by atoms with Crippen molar-refractivity contribution in [2.24, 2.45) is 0 Å². The molecule has 0 spiro atoms. The number of anilines is 1. The molecule has 0 bridgehead atoms. The Hall–Kier alpha value is -3.08. The number of Topliss-reactive ketones (excluding diaryl/α,β-unsaturated/α-hetero) is 1. The zero-order chi connectivity index (χ0) is 18.0. The van der Waals surface area contributed by atoms with Crippen LogP contribution in [0.3, 0.4) is 0 Å². The second-order valence-electron chi connectivity index (χ2n) is 5.73. The zero-order valence-corrected chi connectivity index (χ0v) is 14.1. The quantitative estimate of drug-likeness (QED) is 0.906. The van der Waals surface area contributed by atoms with Gasteiger partial charge in [0.2, 0.25) is 0 Å². The highest BCUT2D eigenvalue weighted by Crippen LogP contribution is 2.41. The highest BCUT2D eigenvalue weighted by Gasteiger charge is 2.43. The first-order valence-electron chi connectivity index (χ1n) is 8.07. The summed E-state index contributed by atoms with van der Waals surface area (Å²) < 4.78 is 5.17. The van der Waals surface area contributed by atoms with Crippen LogP contribution in [-0.2, 0) is 9.59 Å². The average molecular weight is 337 g/mol. The Morgan fingerprint density at radius 2 is 1.76 bits per heavy atom. The predicted molar refractivity (Wildman–Crippen MR) is 94.6 cm³/mol. The number of aliphatic hydroxyl groups is 1. The molecule has 1 atom stereocenters. The number of hydrogen-bond acceptors (Lipinski definition) is 4. The molecule has 0 aliphatic carbocycles. The van der Waals surface area contributed by atoms with E-state index in [9.17, 15) is 14.7 Å². The summed E-state index contributed by atoms with van der Waals surface area (Å²) in [7, 11) is 1.57. The van der Waals surface area contributed by atoms with Gasteiger partial charge in [0.1, 0.15) is 5.75 Å². The number of amides is 1. The number of rotatable bonds is 5. The molecule has 0 saturated heterocycles. The van der Waals surface area contributed by atoms with Crippen LogP contribution in [-0.4, -0.2) is 23.9 Å². The Balaban J connectivity index is 2.14. The highest BCUT2D eigenvalue weighted by atomic mass is 16.5. The summed E-state index contributed by atoms with van der Waals surface area (Å²) in [5.74, 6) is -0.610. The van der Waals surface area contributed by atoms with Crippen molar-refractivity contribution in [2.45, 2.75) is 19.4 Å². The van der Waals surface area contributed by atoms with E-state index in [1.54, 1.807) is 50.4 Å². The second-order valence-corrected chi connectivity index (χ2v) is 5.73. The minimum absolute atomic E-state index is 0.140. The first-order chi connectivity index (χ1) is 12.1. The molecule has 1 heterocycles. The van der Waals surface area contributed by atoms with Gasteiger partial charge in [-0.05, 0) is 29.8 Å². The summed E-state index contributed by atoms with van der Waals surface area (Å²) in [6.45, 7) is 1.71. The molecule has 0 saturated carbocycles. The Labute approximate surface area is 146 Å². The van der Waals surface area contributed by atoms with Crippen molar-refractivity contribution in [3.05, 3.63) is 71.5 Å². The molecule has 1 aliphatic rings. The van der Waals surface area contributed by atoms with Gasteiger partial charge in [-0.3, -0.25) is 14.5 Å². The third-order valence-electron chi connectivity index (χ3n) is 4.30. The molecule has 2 aromatic rings. The molecule has 128 valence electrons. The fourth-order valence-electron chi connectivity index (χ4n) is 3.04. The van der Waals surface area contributed by atoms with Gasteiger partial charge in [-0.25, -0.2) is 0 Å². The van der Waals surface area contributed by atoms with Crippen molar-refractivity contribution < 1.29 is 19.4 Å². The average Bonchev–Trinajstić information content (AvgIpc) is 2.93. The van der Waals surface area contributed by atoms with Gasteiger partial charge < -0.3 is 9.84 Å². The molecule has 1 N–H and O–H groups in total. The van der Waals surface area contributed by atoms with E-state index in [2.05, 4.69) is 0 Å². The number of carbonyl (C=O) groups is 2. The van der Waals surface area contributed by atoms with Crippen LogP contribution in [0.25, 0.3) is 0 Å². The standard InChI is InChI=1S/C20H19NO4/c1-3-16(22)17-18(13-9-11-15(25-2)12-10-13)21(20(24)19(17)23)14-7-5-4-6-8-14/h4-12,18,23H,3H2,1-2H3. The monoisotopic (exact) mass is 337 g/mol. The number of benzene rings is 2. The molecule has 1 unspecified atom stereocenters. The Morgan fingerprint density at radius 3 is 2.32 bits per heavy atom. The lowest BCUT2D eigenvalue weighted by Crippen LogP contribution is -2.30. The number of para-hydroxylation sites is 1. The number of nitrogens with zero attached hydrogens (tertiary/aromatic N) is 1. The maximum absolute atomic E-state index is 12.7. The van der Waals surface area contributed by atoms with E-state index in [-0.39, 0.29) is 17.8 Å². The number of hydrogen-bond donors (Lipinski definition) is 1. The number of ether oxygens (including phenoxy) is 1. The van der Waals surface area contributed by atoms with E-state index in [4.69, 9.17) is 4.74 Å². The normalized spacial score (nSPS) is 17.1. The molecule has 0 radical (unpaired) electrons.